The Hall–Kier alpha value is -4.00. The van der Waals surface area contributed by atoms with Crippen molar-refractivity contribution in [3.05, 3.63) is 95.3 Å². The predicted molar refractivity (Wildman–Crippen MR) is 147 cm³/mol. The van der Waals surface area contributed by atoms with E-state index in [2.05, 4.69) is 39.7 Å². The summed E-state index contributed by atoms with van der Waals surface area (Å²) in [5.41, 5.74) is 3.44. The van der Waals surface area contributed by atoms with Gasteiger partial charge in [-0.05, 0) is 54.8 Å². The maximum atomic E-state index is 13.3. The van der Waals surface area contributed by atoms with Crippen molar-refractivity contribution in [3.63, 3.8) is 0 Å². The monoisotopic (exact) mass is 487 g/mol. The molecule has 7 heteroatoms. The molecule has 2 aromatic carbocycles. The number of unbranched alkanes of at least 4 members (excludes halogenated alkanes) is 1. The van der Waals surface area contributed by atoms with E-state index in [-0.39, 0.29) is 11.4 Å². The standard InChI is InChI=1S/C19H19FN4O.C10H15N/c1-3-10-22-19-23-17(14-8-11-21-12-9-14)16(18(25)24(19)2)13-4-6-15(20)7-5-13;1-2-3-9-11-10-7-5-4-6-8-10/h4-9,11-12H,3,10H2,1-2H3,(H,22,23);4-8,11H,2-3,9H2,1H3. The first-order valence-corrected chi connectivity index (χ1v) is 12.3. The second kappa shape index (κ2) is 13.8. The van der Waals surface area contributed by atoms with Crippen LogP contribution in [0.1, 0.15) is 33.1 Å². The molecule has 2 N–H and O–H groups in total. The number of nitrogens with zero attached hydrogens (tertiary/aromatic N) is 3. The average Bonchev–Trinajstić information content (AvgIpc) is 2.92. The van der Waals surface area contributed by atoms with E-state index < -0.39 is 0 Å². The van der Waals surface area contributed by atoms with Crippen LogP contribution in [-0.2, 0) is 7.05 Å². The lowest BCUT2D eigenvalue weighted by molar-refractivity contribution is 0.628. The number of nitrogens with one attached hydrogen (secondary N) is 2. The molecule has 0 spiro atoms. The lowest BCUT2D eigenvalue weighted by Crippen LogP contribution is -2.25. The van der Waals surface area contributed by atoms with Gasteiger partial charge >= 0.3 is 0 Å². The Bertz CT molecular complexity index is 1260. The number of pyridine rings is 1. The molecular weight excluding hydrogens is 453 g/mol. The van der Waals surface area contributed by atoms with Gasteiger partial charge in [-0.1, -0.05) is 50.6 Å². The highest BCUT2D eigenvalue weighted by Gasteiger charge is 2.18. The highest BCUT2D eigenvalue weighted by atomic mass is 19.1. The third kappa shape index (κ3) is 7.25. The molecule has 0 aliphatic heterocycles. The molecule has 0 unspecified atom stereocenters. The number of hydrogen-bond acceptors (Lipinski definition) is 5. The SMILES string of the molecule is CCCCNc1ccccc1.CCCNc1nc(-c2ccncc2)c(-c2ccc(F)cc2)c(=O)n1C. The van der Waals surface area contributed by atoms with Gasteiger partial charge < -0.3 is 10.6 Å². The summed E-state index contributed by atoms with van der Waals surface area (Å²) < 4.78 is 14.8. The minimum atomic E-state index is -0.347. The molecule has 0 fully saturated rings. The van der Waals surface area contributed by atoms with Crippen LogP contribution in [0.25, 0.3) is 22.4 Å². The number of anilines is 2. The highest BCUT2D eigenvalue weighted by molar-refractivity contribution is 5.80. The second-order valence-corrected chi connectivity index (χ2v) is 8.34. The Morgan fingerprint density at radius 2 is 1.53 bits per heavy atom. The van der Waals surface area contributed by atoms with Crippen LogP contribution in [0.5, 0.6) is 0 Å². The number of para-hydroxylation sites is 1. The van der Waals surface area contributed by atoms with Crippen LogP contribution < -0.4 is 16.2 Å². The zero-order valence-corrected chi connectivity index (χ0v) is 21.2. The summed E-state index contributed by atoms with van der Waals surface area (Å²) >= 11 is 0. The van der Waals surface area contributed by atoms with Crippen LogP contribution in [0, 0.1) is 5.82 Å². The molecule has 0 atom stereocenters. The first kappa shape index (κ1) is 26.6. The molecule has 0 bridgehead atoms. The van der Waals surface area contributed by atoms with Crippen molar-refractivity contribution in [2.24, 2.45) is 7.05 Å². The number of rotatable bonds is 9. The lowest BCUT2D eigenvalue weighted by Gasteiger charge is -2.15. The van der Waals surface area contributed by atoms with Crippen molar-refractivity contribution in [2.45, 2.75) is 33.1 Å². The zero-order chi connectivity index (χ0) is 25.8. The number of hydrogen-bond donors (Lipinski definition) is 2. The fraction of sp³-hybridized carbons (Fsp3) is 0.276. The van der Waals surface area contributed by atoms with Gasteiger partial charge in [0.15, 0.2) is 0 Å². The molecule has 0 saturated carbocycles. The third-order valence-corrected chi connectivity index (χ3v) is 5.54. The van der Waals surface area contributed by atoms with Crippen molar-refractivity contribution < 1.29 is 4.39 Å². The van der Waals surface area contributed by atoms with E-state index in [9.17, 15) is 9.18 Å². The van der Waals surface area contributed by atoms with E-state index in [1.807, 2.05) is 25.1 Å². The Morgan fingerprint density at radius 1 is 0.833 bits per heavy atom. The number of benzene rings is 2. The summed E-state index contributed by atoms with van der Waals surface area (Å²) in [7, 11) is 1.68. The Balaban J connectivity index is 0.000000275. The summed E-state index contributed by atoms with van der Waals surface area (Å²) in [5, 5.41) is 6.52. The van der Waals surface area contributed by atoms with Crippen LogP contribution in [0.15, 0.2) is 83.9 Å². The first-order valence-electron chi connectivity index (χ1n) is 12.3. The van der Waals surface area contributed by atoms with Crippen molar-refractivity contribution >= 4 is 11.6 Å². The summed E-state index contributed by atoms with van der Waals surface area (Å²) in [6, 6.07) is 19.8. The molecule has 0 aliphatic carbocycles. The van der Waals surface area contributed by atoms with Crippen LogP contribution in [-0.4, -0.2) is 27.6 Å². The van der Waals surface area contributed by atoms with Crippen molar-refractivity contribution in [2.75, 3.05) is 23.7 Å². The Morgan fingerprint density at radius 3 is 2.17 bits per heavy atom. The van der Waals surface area contributed by atoms with Gasteiger partial charge in [-0.2, -0.15) is 0 Å². The van der Waals surface area contributed by atoms with Crippen LogP contribution >= 0.6 is 0 Å². The molecule has 188 valence electrons. The molecule has 2 aromatic heterocycles. The number of halogens is 1. The normalized spacial score (nSPS) is 10.3. The van der Waals surface area contributed by atoms with E-state index in [1.54, 1.807) is 43.7 Å². The van der Waals surface area contributed by atoms with Crippen LogP contribution in [0.4, 0.5) is 16.0 Å². The second-order valence-electron chi connectivity index (χ2n) is 8.34. The maximum Gasteiger partial charge on any atom is 0.263 e. The smallest absolute Gasteiger partial charge is 0.263 e. The topological polar surface area (TPSA) is 71.8 Å². The van der Waals surface area contributed by atoms with E-state index >= 15 is 0 Å². The fourth-order valence-electron chi connectivity index (χ4n) is 3.56. The summed E-state index contributed by atoms with van der Waals surface area (Å²) in [4.78, 5) is 21.7. The molecule has 4 aromatic rings. The number of aromatic nitrogens is 3. The molecule has 0 radical (unpaired) electrons. The molecule has 2 heterocycles. The Labute approximate surface area is 212 Å². The minimum Gasteiger partial charge on any atom is -0.385 e. The van der Waals surface area contributed by atoms with E-state index in [0.29, 0.717) is 29.3 Å². The molecule has 0 amide bonds. The van der Waals surface area contributed by atoms with E-state index in [0.717, 1.165) is 18.5 Å². The van der Waals surface area contributed by atoms with Gasteiger partial charge in [0.2, 0.25) is 5.95 Å². The van der Waals surface area contributed by atoms with E-state index in [4.69, 9.17) is 0 Å². The van der Waals surface area contributed by atoms with Crippen molar-refractivity contribution in [1.29, 1.82) is 0 Å². The van der Waals surface area contributed by atoms with Gasteiger partial charge in [0.05, 0.1) is 11.3 Å². The molecule has 0 aliphatic rings. The first-order chi connectivity index (χ1) is 17.5. The highest BCUT2D eigenvalue weighted by Crippen LogP contribution is 2.28. The molecular formula is C29H34FN5O. The van der Waals surface area contributed by atoms with Gasteiger partial charge in [-0.3, -0.25) is 14.3 Å². The quantitative estimate of drug-likeness (QED) is 0.269. The van der Waals surface area contributed by atoms with Gasteiger partial charge in [-0.25, -0.2) is 9.37 Å². The fourth-order valence-corrected chi connectivity index (χ4v) is 3.56. The lowest BCUT2D eigenvalue weighted by atomic mass is 10.0. The summed E-state index contributed by atoms with van der Waals surface area (Å²) in [6.07, 6.45) is 6.72. The van der Waals surface area contributed by atoms with Crippen LogP contribution in [0.2, 0.25) is 0 Å². The van der Waals surface area contributed by atoms with Gasteiger partial charge in [0, 0.05) is 43.8 Å². The Kier molecular flexibility index (Phi) is 10.2. The predicted octanol–water partition coefficient (Wildman–Crippen LogP) is 6.37. The summed E-state index contributed by atoms with van der Waals surface area (Å²) in [6.45, 7) is 6.04. The zero-order valence-electron chi connectivity index (χ0n) is 21.2. The maximum absolute atomic E-state index is 13.3. The minimum absolute atomic E-state index is 0.188. The summed E-state index contributed by atoms with van der Waals surface area (Å²) in [5.74, 6) is 0.157. The van der Waals surface area contributed by atoms with Gasteiger partial charge in [-0.15, -0.1) is 0 Å². The molecule has 4 rings (SSSR count). The average molecular weight is 488 g/mol. The van der Waals surface area contributed by atoms with Crippen molar-refractivity contribution in [1.82, 2.24) is 14.5 Å². The molecule has 6 nitrogen and oxygen atoms in total. The van der Waals surface area contributed by atoms with Crippen molar-refractivity contribution in [3.8, 4) is 22.4 Å². The van der Waals surface area contributed by atoms with Gasteiger partial charge in [0.25, 0.3) is 5.56 Å². The third-order valence-electron chi connectivity index (χ3n) is 5.54. The van der Waals surface area contributed by atoms with Gasteiger partial charge in [0.1, 0.15) is 5.82 Å². The van der Waals surface area contributed by atoms with E-state index in [1.165, 1.54) is 35.2 Å². The van der Waals surface area contributed by atoms with Crippen LogP contribution in [0.3, 0.4) is 0 Å². The largest absolute Gasteiger partial charge is 0.385 e. The molecule has 36 heavy (non-hydrogen) atoms. The molecule has 0 saturated heterocycles.